The van der Waals surface area contributed by atoms with Gasteiger partial charge in [-0.25, -0.2) is 0 Å². The van der Waals surface area contributed by atoms with Gasteiger partial charge in [-0.15, -0.1) is 0 Å². The molecule has 3 N–H and O–H groups in total. The molecule has 0 aromatic rings. The van der Waals surface area contributed by atoms with Crippen molar-refractivity contribution in [1.29, 1.82) is 0 Å². The van der Waals surface area contributed by atoms with Gasteiger partial charge in [0.15, 0.2) is 0 Å². The lowest BCUT2D eigenvalue weighted by molar-refractivity contribution is 0.0537. The molecule has 0 aliphatic carbocycles. The molecule has 0 radical (unpaired) electrons. The molecule has 4 heteroatoms. The van der Waals surface area contributed by atoms with Crippen molar-refractivity contribution in [3.63, 3.8) is 0 Å². The van der Waals surface area contributed by atoms with Gasteiger partial charge in [-0.2, -0.15) is 0 Å². The fourth-order valence-electron chi connectivity index (χ4n) is 1.12. The van der Waals surface area contributed by atoms with Crippen LogP contribution in [-0.2, 0) is 4.74 Å². The molecule has 14 heavy (non-hydrogen) atoms. The zero-order valence-electron chi connectivity index (χ0n) is 9.42. The predicted octanol–water partition coefficient (Wildman–Crippen LogP) is 0.134. The summed E-state index contributed by atoms with van der Waals surface area (Å²) in [6.45, 7) is 7.02. The van der Waals surface area contributed by atoms with Crippen LogP contribution in [0.3, 0.4) is 0 Å². The van der Waals surface area contributed by atoms with Crippen LogP contribution in [0, 0.1) is 0 Å². The van der Waals surface area contributed by atoms with Crippen LogP contribution in [0.5, 0.6) is 0 Å². The second-order valence-corrected chi connectivity index (χ2v) is 3.80. The lowest BCUT2D eigenvalue weighted by Gasteiger charge is -2.29. The van der Waals surface area contributed by atoms with Gasteiger partial charge in [0.2, 0.25) is 0 Å². The number of nitrogens with one attached hydrogen (secondary N) is 1. The van der Waals surface area contributed by atoms with Gasteiger partial charge < -0.3 is 20.3 Å². The van der Waals surface area contributed by atoms with E-state index in [0.29, 0.717) is 19.6 Å². The molecule has 4 nitrogen and oxygen atoms in total. The van der Waals surface area contributed by atoms with Crippen molar-refractivity contribution in [3.8, 4) is 0 Å². The van der Waals surface area contributed by atoms with Crippen LogP contribution in [0.25, 0.3) is 0 Å². The number of ether oxygens (including phenoxy) is 1. The summed E-state index contributed by atoms with van der Waals surface area (Å²) < 4.78 is 5.34. The first-order chi connectivity index (χ1) is 6.60. The largest absolute Gasteiger partial charge is 0.394 e. The van der Waals surface area contributed by atoms with Gasteiger partial charge in [0.05, 0.1) is 31.5 Å². The molecule has 0 unspecified atom stereocenters. The summed E-state index contributed by atoms with van der Waals surface area (Å²) in [5.74, 6) is 0. The molecule has 0 amide bonds. The molecular weight excluding hydrogens is 182 g/mol. The summed E-state index contributed by atoms with van der Waals surface area (Å²) in [7, 11) is 0. The van der Waals surface area contributed by atoms with Crippen molar-refractivity contribution < 1.29 is 14.9 Å². The van der Waals surface area contributed by atoms with Gasteiger partial charge >= 0.3 is 0 Å². The average Bonchev–Trinajstić information content (AvgIpc) is 2.19. The van der Waals surface area contributed by atoms with Gasteiger partial charge in [0.25, 0.3) is 0 Å². The lowest BCUT2D eigenvalue weighted by Crippen LogP contribution is -2.52. The molecule has 0 aliphatic heterocycles. The molecule has 0 aromatic heterocycles. The van der Waals surface area contributed by atoms with Crippen LogP contribution in [0.15, 0.2) is 0 Å². The van der Waals surface area contributed by atoms with E-state index in [4.69, 9.17) is 14.9 Å². The maximum Gasteiger partial charge on any atom is 0.0646 e. The third kappa shape index (κ3) is 4.91. The normalized spacial score (nSPS) is 12.4. The number of aliphatic hydroxyl groups is 2. The Bertz CT molecular complexity index is 127. The van der Waals surface area contributed by atoms with Crippen molar-refractivity contribution >= 4 is 0 Å². The zero-order valence-corrected chi connectivity index (χ0v) is 9.42. The topological polar surface area (TPSA) is 61.7 Å². The minimum absolute atomic E-state index is 0.0539. The van der Waals surface area contributed by atoms with Crippen LogP contribution in [-0.4, -0.2) is 48.2 Å². The second kappa shape index (κ2) is 7.17. The van der Waals surface area contributed by atoms with E-state index >= 15 is 0 Å². The Kier molecular flexibility index (Phi) is 7.09. The number of aliphatic hydroxyl groups excluding tert-OH is 2. The molecule has 86 valence electrons. The van der Waals surface area contributed by atoms with E-state index in [1.165, 1.54) is 0 Å². The molecular formula is C10H23NO3. The van der Waals surface area contributed by atoms with Crippen LogP contribution < -0.4 is 5.32 Å². The first-order valence-electron chi connectivity index (χ1n) is 5.18. The molecule has 0 aliphatic rings. The van der Waals surface area contributed by atoms with E-state index in [1.807, 2.05) is 20.8 Å². The highest BCUT2D eigenvalue weighted by Gasteiger charge is 2.25. The molecule has 0 bridgehead atoms. The molecule has 0 atom stereocenters. The van der Waals surface area contributed by atoms with E-state index in [0.717, 1.165) is 0 Å². The Morgan fingerprint density at radius 2 is 1.86 bits per heavy atom. The van der Waals surface area contributed by atoms with Gasteiger partial charge in [-0.3, -0.25) is 0 Å². The van der Waals surface area contributed by atoms with Crippen molar-refractivity contribution in [2.75, 3.05) is 26.4 Å². The number of hydrogen-bond donors (Lipinski definition) is 3. The van der Waals surface area contributed by atoms with Gasteiger partial charge in [0, 0.05) is 6.54 Å². The average molecular weight is 205 g/mol. The Balaban J connectivity index is 3.71. The highest BCUT2D eigenvalue weighted by Crippen LogP contribution is 2.07. The van der Waals surface area contributed by atoms with Crippen molar-refractivity contribution in [3.05, 3.63) is 0 Å². The fourth-order valence-corrected chi connectivity index (χ4v) is 1.12. The summed E-state index contributed by atoms with van der Waals surface area (Å²) >= 11 is 0. The van der Waals surface area contributed by atoms with Crippen molar-refractivity contribution in [2.24, 2.45) is 0 Å². The SMILES string of the molecule is CCC(CO)(CO)NCCOC(C)C. The third-order valence-electron chi connectivity index (χ3n) is 2.34. The first kappa shape index (κ1) is 13.8. The number of rotatable bonds is 8. The molecule has 0 rings (SSSR count). The molecule has 0 heterocycles. The predicted molar refractivity (Wildman–Crippen MR) is 56.3 cm³/mol. The van der Waals surface area contributed by atoms with Crippen molar-refractivity contribution in [2.45, 2.75) is 38.8 Å². The summed E-state index contributed by atoms with van der Waals surface area (Å²) in [6.07, 6.45) is 0.915. The Hall–Kier alpha value is -0.160. The van der Waals surface area contributed by atoms with Crippen LogP contribution in [0.2, 0.25) is 0 Å². The van der Waals surface area contributed by atoms with Crippen molar-refractivity contribution in [1.82, 2.24) is 5.32 Å². The highest BCUT2D eigenvalue weighted by atomic mass is 16.5. The van der Waals surface area contributed by atoms with Crippen LogP contribution >= 0.6 is 0 Å². The minimum atomic E-state index is -0.555. The second-order valence-electron chi connectivity index (χ2n) is 3.80. The quantitative estimate of drug-likeness (QED) is 0.493. The van der Waals surface area contributed by atoms with E-state index in [-0.39, 0.29) is 19.3 Å². The maximum absolute atomic E-state index is 9.12. The Morgan fingerprint density at radius 1 is 1.29 bits per heavy atom. The number of hydrogen-bond acceptors (Lipinski definition) is 4. The van der Waals surface area contributed by atoms with E-state index in [9.17, 15) is 0 Å². The highest BCUT2D eigenvalue weighted by molar-refractivity contribution is 4.85. The standard InChI is InChI=1S/C10H23NO3/c1-4-10(7-12,8-13)11-5-6-14-9(2)3/h9,11-13H,4-8H2,1-3H3. The molecule has 0 saturated heterocycles. The summed E-state index contributed by atoms with van der Waals surface area (Å²) in [5.41, 5.74) is -0.555. The lowest BCUT2D eigenvalue weighted by atomic mass is 9.99. The van der Waals surface area contributed by atoms with E-state index in [2.05, 4.69) is 5.32 Å². The smallest absolute Gasteiger partial charge is 0.0646 e. The zero-order chi connectivity index (χ0) is 11.0. The van der Waals surface area contributed by atoms with E-state index in [1.54, 1.807) is 0 Å². The first-order valence-corrected chi connectivity index (χ1v) is 5.18. The molecule has 0 fully saturated rings. The minimum Gasteiger partial charge on any atom is -0.394 e. The molecule has 0 spiro atoms. The summed E-state index contributed by atoms with van der Waals surface area (Å²) in [6, 6.07) is 0. The fraction of sp³-hybridized carbons (Fsp3) is 1.00. The Morgan fingerprint density at radius 3 is 2.21 bits per heavy atom. The van der Waals surface area contributed by atoms with E-state index < -0.39 is 5.54 Å². The maximum atomic E-state index is 9.12. The van der Waals surface area contributed by atoms with Gasteiger partial charge in [0.1, 0.15) is 0 Å². The summed E-state index contributed by atoms with van der Waals surface area (Å²) in [4.78, 5) is 0. The summed E-state index contributed by atoms with van der Waals surface area (Å²) in [5, 5.41) is 21.4. The monoisotopic (exact) mass is 205 g/mol. The third-order valence-corrected chi connectivity index (χ3v) is 2.34. The van der Waals surface area contributed by atoms with Gasteiger partial charge in [-0.05, 0) is 20.3 Å². The Labute approximate surface area is 86.3 Å². The van der Waals surface area contributed by atoms with Crippen LogP contribution in [0.1, 0.15) is 27.2 Å². The van der Waals surface area contributed by atoms with Gasteiger partial charge in [-0.1, -0.05) is 6.92 Å². The molecule has 0 saturated carbocycles. The molecule has 0 aromatic carbocycles. The van der Waals surface area contributed by atoms with Crippen LogP contribution in [0.4, 0.5) is 0 Å².